The van der Waals surface area contributed by atoms with Crippen molar-refractivity contribution in [1.29, 1.82) is 5.26 Å². The van der Waals surface area contributed by atoms with Gasteiger partial charge < -0.3 is 16.0 Å². The number of hydrogen-bond donors (Lipinski definition) is 2. The van der Waals surface area contributed by atoms with Crippen molar-refractivity contribution < 1.29 is 4.79 Å². The summed E-state index contributed by atoms with van der Waals surface area (Å²) in [5.74, 6) is -0.206. The molecule has 0 unspecified atom stereocenters. The van der Waals surface area contributed by atoms with Crippen LogP contribution in [0.2, 0.25) is 0 Å². The highest BCUT2D eigenvalue weighted by molar-refractivity contribution is 5.97. The van der Waals surface area contributed by atoms with Crippen LogP contribution in [0, 0.1) is 18.3 Å². The van der Waals surface area contributed by atoms with Crippen molar-refractivity contribution in [3.63, 3.8) is 0 Å². The van der Waals surface area contributed by atoms with Crippen LogP contribution in [-0.2, 0) is 11.3 Å². The zero-order chi connectivity index (χ0) is 17.4. The Balaban J connectivity index is 1.90. The molecule has 0 atom stereocenters. The Bertz CT molecular complexity index is 627. The second kappa shape index (κ2) is 9.06. The van der Waals surface area contributed by atoms with Crippen LogP contribution in [0.15, 0.2) is 36.0 Å². The van der Waals surface area contributed by atoms with Crippen LogP contribution in [0.25, 0.3) is 0 Å². The molecule has 1 amide bonds. The maximum Gasteiger partial charge on any atom is 0.266 e. The first-order chi connectivity index (χ1) is 11.7. The Labute approximate surface area is 143 Å². The molecule has 6 nitrogen and oxygen atoms in total. The van der Waals surface area contributed by atoms with Gasteiger partial charge in [-0.15, -0.1) is 0 Å². The molecular weight excluding hydrogens is 302 g/mol. The number of benzene rings is 1. The van der Waals surface area contributed by atoms with E-state index in [9.17, 15) is 10.1 Å². The zero-order valence-electron chi connectivity index (χ0n) is 14.2. The highest BCUT2D eigenvalue weighted by Crippen LogP contribution is 2.08. The highest BCUT2D eigenvalue weighted by atomic mass is 16.2. The first-order valence-electron chi connectivity index (χ1n) is 8.25. The number of nitrogens with zero attached hydrogens (tertiary/aromatic N) is 3. The molecular formula is C18H25N5O. The Kier molecular flexibility index (Phi) is 6.79. The van der Waals surface area contributed by atoms with Crippen molar-refractivity contribution in [3.8, 4) is 6.07 Å². The predicted octanol–water partition coefficient (Wildman–Crippen LogP) is 0.595. The summed E-state index contributed by atoms with van der Waals surface area (Å²) in [5, 5.41) is 12.4. The molecule has 0 aliphatic carbocycles. The molecule has 0 bridgehead atoms. The van der Waals surface area contributed by atoms with Crippen LogP contribution >= 0.6 is 0 Å². The average molecular weight is 327 g/mol. The fourth-order valence-electron chi connectivity index (χ4n) is 2.74. The van der Waals surface area contributed by atoms with Gasteiger partial charge in [-0.2, -0.15) is 5.26 Å². The average Bonchev–Trinajstić information content (AvgIpc) is 2.61. The minimum absolute atomic E-state index is 0.149. The second-order valence-electron chi connectivity index (χ2n) is 5.90. The molecule has 1 fully saturated rings. The fourth-order valence-corrected chi connectivity index (χ4v) is 2.74. The summed E-state index contributed by atoms with van der Waals surface area (Å²) in [6.45, 7) is 6.98. The molecule has 1 aromatic rings. The van der Waals surface area contributed by atoms with Crippen LogP contribution in [0.3, 0.4) is 0 Å². The third-order valence-electron chi connectivity index (χ3n) is 4.26. The normalized spacial score (nSPS) is 15.9. The Morgan fingerprint density at radius 1 is 1.33 bits per heavy atom. The molecule has 0 saturated carbocycles. The van der Waals surface area contributed by atoms with Gasteiger partial charge in [0.15, 0.2) is 0 Å². The van der Waals surface area contributed by atoms with Gasteiger partial charge in [-0.1, -0.05) is 24.3 Å². The van der Waals surface area contributed by atoms with Gasteiger partial charge in [0.1, 0.15) is 11.6 Å². The first-order valence-corrected chi connectivity index (χ1v) is 8.25. The number of piperazine rings is 1. The van der Waals surface area contributed by atoms with E-state index in [-0.39, 0.29) is 11.5 Å². The van der Waals surface area contributed by atoms with E-state index in [0.717, 1.165) is 25.2 Å². The van der Waals surface area contributed by atoms with Gasteiger partial charge in [-0.25, -0.2) is 0 Å². The molecule has 3 N–H and O–H groups in total. The lowest BCUT2D eigenvalue weighted by molar-refractivity contribution is -0.128. The van der Waals surface area contributed by atoms with Gasteiger partial charge in [0.05, 0.1) is 0 Å². The lowest BCUT2D eigenvalue weighted by atomic mass is 10.1. The number of carbonyl (C=O) groups excluding carboxylic acids is 1. The fraction of sp³-hybridized carbons (Fsp3) is 0.444. The Morgan fingerprint density at radius 2 is 2.04 bits per heavy atom. The third-order valence-corrected chi connectivity index (χ3v) is 4.26. The summed E-state index contributed by atoms with van der Waals surface area (Å²) in [7, 11) is 0. The number of nitrogens with one attached hydrogen (secondary N) is 1. The van der Waals surface area contributed by atoms with E-state index in [2.05, 4.69) is 10.2 Å². The second-order valence-corrected chi connectivity index (χ2v) is 5.90. The molecule has 1 aromatic carbocycles. The summed E-state index contributed by atoms with van der Waals surface area (Å²) < 4.78 is 0. The van der Waals surface area contributed by atoms with Gasteiger partial charge in [-0.3, -0.25) is 9.69 Å². The number of rotatable bonds is 6. The van der Waals surface area contributed by atoms with Crippen molar-refractivity contribution >= 4 is 5.91 Å². The van der Waals surface area contributed by atoms with E-state index in [1.807, 2.05) is 37.3 Å². The van der Waals surface area contributed by atoms with Gasteiger partial charge in [0.2, 0.25) is 0 Å². The van der Waals surface area contributed by atoms with Crippen molar-refractivity contribution in [2.24, 2.45) is 5.73 Å². The summed E-state index contributed by atoms with van der Waals surface area (Å²) in [6.07, 6.45) is 1.53. The van der Waals surface area contributed by atoms with Crippen molar-refractivity contribution in [2.45, 2.75) is 13.5 Å². The number of carbonyl (C=O) groups is 1. The van der Waals surface area contributed by atoms with Gasteiger partial charge in [-0.05, 0) is 18.1 Å². The van der Waals surface area contributed by atoms with Crippen LogP contribution < -0.4 is 11.1 Å². The molecule has 128 valence electrons. The summed E-state index contributed by atoms with van der Waals surface area (Å²) in [4.78, 5) is 16.4. The zero-order valence-corrected chi connectivity index (χ0v) is 14.2. The van der Waals surface area contributed by atoms with E-state index in [0.29, 0.717) is 26.2 Å². The van der Waals surface area contributed by atoms with E-state index < -0.39 is 0 Å². The minimum Gasteiger partial charge on any atom is -0.386 e. The Hall–Kier alpha value is -2.36. The number of nitrogens with two attached hydrogens (primary N) is 1. The molecule has 6 heteroatoms. The largest absolute Gasteiger partial charge is 0.386 e. The molecule has 0 radical (unpaired) electrons. The van der Waals surface area contributed by atoms with E-state index >= 15 is 0 Å². The lowest BCUT2D eigenvalue weighted by Gasteiger charge is -2.34. The topological polar surface area (TPSA) is 85.4 Å². The van der Waals surface area contributed by atoms with Crippen molar-refractivity contribution in [1.82, 2.24) is 15.1 Å². The monoisotopic (exact) mass is 327 g/mol. The molecule has 0 spiro atoms. The molecule has 1 heterocycles. The maximum absolute atomic E-state index is 12.5. The highest BCUT2D eigenvalue weighted by Gasteiger charge is 2.23. The quantitative estimate of drug-likeness (QED) is 0.590. The number of nitriles is 1. The van der Waals surface area contributed by atoms with Crippen LogP contribution in [0.5, 0.6) is 0 Å². The lowest BCUT2D eigenvalue weighted by Crippen LogP contribution is -2.50. The van der Waals surface area contributed by atoms with Crippen LogP contribution in [0.1, 0.15) is 11.1 Å². The molecule has 0 aromatic heterocycles. The minimum atomic E-state index is -0.206. The third kappa shape index (κ3) is 4.82. The first kappa shape index (κ1) is 18.0. The molecule has 2 rings (SSSR count). The maximum atomic E-state index is 12.5. The molecule has 24 heavy (non-hydrogen) atoms. The van der Waals surface area contributed by atoms with Crippen LogP contribution in [-0.4, -0.2) is 55.0 Å². The summed E-state index contributed by atoms with van der Waals surface area (Å²) in [6, 6.07) is 10.0. The predicted molar refractivity (Wildman–Crippen MR) is 93.8 cm³/mol. The SMILES string of the molecule is Cc1ccccc1CN/C=C(/C#N)C(=O)N1CCN(CCN)CC1. The Morgan fingerprint density at radius 3 is 2.67 bits per heavy atom. The van der Waals surface area contributed by atoms with Crippen LogP contribution in [0.4, 0.5) is 0 Å². The number of amides is 1. The number of hydrogen-bond acceptors (Lipinski definition) is 5. The number of aryl methyl sites for hydroxylation is 1. The van der Waals surface area contributed by atoms with Crippen molar-refractivity contribution in [2.75, 3.05) is 39.3 Å². The molecule has 1 aliphatic rings. The summed E-state index contributed by atoms with van der Waals surface area (Å²) >= 11 is 0. The van der Waals surface area contributed by atoms with Gasteiger partial charge >= 0.3 is 0 Å². The molecule has 1 aliphatic heterocycles. The van der Waals surface area contributed by atoms with Gasteiger partial charge in [0.25, 0.3) is 5.91 Å². The smallest absolute Gasteiger partial charge is 0.266 e. The van der Waals surface area contributed by atoms with E-state index in [4.69, 9.17) is 5.73 Å². The van der Waals surface area contributed by atoms with E-state index in [1.165, 1.54) is 11.8 Å². The van der Waals surface area contributed by atoms with E-state index in [1.54, 1.807) is 4.90 Å². The van der Waals surface area contributed by atoms with Gasteiger partial charge in [0, 0.05) is 52.0 Å². The summed E-state index contributed by atoms with van der Waals surface area (Å²) in [5.41, 5.74) is 8.03. The molecule has 1 saturated heterocycles. The van der Waals surface area contributed by atoms with Crippen molar-refractivity contribution in [3.05, 3.63) is 47.2 Å². The standard InChI is InChI=1S/C18H25N5O/c1-15-4-2-3-5-16(15)13-21-14-17(12-20)18(24)23-10-8-22(7-6-19)9-11-23/h2-5,14,21H,6-11,13,19H2,1H3/b17-14-.